The summed E-state index contributed by atoms with van der Waals surface area (Å²) in [5, 5.41) is 0.921. The highest BCUT2D eigenvalue weighted by molar-refractivity contribution is 7.09. The lowest BCUT2D eigenvalue weighted by molar-refractivity contribution is 0.0766. The van der Waals surface area contributed by atoms with Crippen molar-refractivity contribution < 1.29 is 14.3 Å². The zero-order valence-electron chi connectivity index (χ0n) is 18.7. The lowest BCUT2D eigenvalue weighted by Gasteiger charge is -2.22. The van der Waals surface area contributed by atoms with Crippen LogP contribution in [0, 0.1) is 6.92 Å². The van der Waals surface area contributed by atoms with Crippen LogP contribution in [0.2, 0.25) is 0 Å². The number of methoxy groups -OCH3 is 2. The normalized spacial score (nSPS) is 14.2. The number of rotatable bonds is 6. The summed E-state index contributed by atoms with van der Waals surface area (Å²) in [6, 6.07) is 13.8. The van der Waals surface area contributed by atoms with Gasteiger partial charge in [0.1, 0.15) is 17.3 Å². The standard InChI is InChI=1S/C24H28N4O3S/c1-17-5-7-18(8-6-17)13-22-25-24(32-26-22)28-10-4-9-27(11-12-28)23(29)19-14-20(30-2)16-21(15-19)31-3/h5-8,14-16H,4,9-13H2,1-3H3. The number of aryl methyl sites for hydroxylation is 1. The second-order valence-electron chi connectivity index (χ2n) is 7.89. The van der Waals surface area contributed by atoms with E-state index in [0.717, 1.165) is 36.9 Å². The van der Waals surface area contributed by atoms with Crippen molar-refractivity contribution in [3.63, 3.8) is 0 Å². The number of aromatic nitrogens is 2. The van der Waals surface area contributed by atoms with Gasteiger partial charge in [-0.25, -0.2) is 4.98 Å². The molecule has 0 N–H and O–H groups in total. The Morgan fingerprint density at radius 2 is 1.72 bits per heavy atom. The SMILES string of the molecule is COc1cc(OC)cc(C(=O)N2CCCN(c3nc(Cc4ccc(C)cc4)ns3)CC2)c1. The molecule has 0 radical (unpaired) electrons. The Morgan fingerprint density at radius 1 is 1.00 bits per heavy atom. The van der Waals surface area contributed by atoms with Crippen LogP contribution in [0.3, 0.4) is 0 Å². The Morgan fingerprint density at radius 3 is 2.41 bits per heavy atom. The van der Waals surface area contributed by atoms with Crippen molar-refractivity contribution >= 4 is 22.6 Å². The minimum atomic E-state index is -0.0126. The van der Waals surface area contributed by atoms with Gasteiger partial charge in [0.05, 0.1) is 14.2 Å². The van der Waals surface area contributed by atoms with Crippen LogP contribution in [0.5, 0.6) is 11.5 Å². The fourth-order valence-electron chi connectivity index (χ4n) is 3.76. The molecule has 0 spiro atoms. The van der Waals surface area contributed by atoms with Gasteiger partial charge in [-0.15, -0.1) is 0 Å². The van der Waals surface area contributed by atoms with E-state index in [1.165, 1.54) is 22.7 Å². The summed E-state index contributed by atoms with van der Waals surface area (Å²) in [4.78, 5) is 22.0. The zero-order valence-corrected chi connectivity index (χ0v) is 19.5. The summed E-state index contributed by atoms with van der Waals surface area (Å²) in [6.07, 6.45) is 1.60. The Balaban J connectivity index is 1.41. The summed E-state index contributed by atoms with van der Waals surface area (Å²) in [6.45, 7) is 4.99. The molecule has 2 heterocycles. The largest absolute Gasteiger partial charge is 0.497 e. The minimum Gasteiger partial charge on any atom is -0.497 e. The minimum absolute atomic E-state index is 0.0126. The number of carbonyl (C=O) groups excluding carboxylic acids is 1. The molecule has 7 nitrogen and oxygen atoms in total. The Hall–Kier alpha value is -3.13. The van der Waals surface area contributed by atoms with E-state index in [2.05, 4.69) is 40.5 Å². The van der Waals surface area contributed by atoms with Crippen molar-refractivity contribution in [2.24, 2.45) is 0 Å². The van der Waals surface area contributed by atoms with Gasteiger partial charge in [0.2, 0.25) is 5.13 Å². The topological polar surface area (TPSA) is 67.8 Å². The molecule has 1 aliphatic heterocycles. The van der Waals surface area contributed by atoms with Crippen LogP contribution in [0.1, 0.15) is 33.7 Å². The summed E-state index contributed by atoms with van der Waals surface area (Å²) >= 11 is 1.43. The van der Waals surface area contributed by atoms with E-state index in [1.54, 1.807) is 32.4 Å². The Kier molecular flexibility index (Phi) is 6.90. The van der Waals surface area contributed by atoms with Crippen LogP contribution in [0.15, 0.2) is 42.5 Å². The molecule has 168 valence electrons. The Bertz CT molecular complexity index is 1050. The lowest BCUT2D eigenvalue weighted by atomic mass is 10.1. The van der Waals surface area contributed by atoms with Crippen LogP contribution in [-0.2, 0) is 6.42 Å². The lowest BCUT2D eigenvalue weighted by Crippen LogP contribution is -2.35. The van der Waals surface area contributed by atoms with Crippen molar-refractivity contribution in [3.05, 3.63) is 65.0 Å². The van der Waals surface area contributed by atoms with Crippen LogP contribution in [0.25, 0.3) is 0 Å². The molecule has 3 aromatic rings. The molecule has 0 bridgehead atoms. The van der Waals surface area contributed by atoms with Crippen molar-refractivity contribution in [2.45, 2.75) is 19.8 Å². The van der Waals surface area contributed by atoms with Crippen molar-refractivity contribution in [2.75, 3.05) is 45.3 Å². The van der Waals surface area contributed by atoms with E-state index in [1.807, 2.05) is 4.90 Å². The maximum absolute atomic E-state index is 13.1. The summed E-state index contributed by atoms with van der Waals surface area (Å²) in [5.74, 6) is 2.05. The first-order valence-electron chi connectivity index (χ1n) is 10.7. The van der Waals surface area contributed by atoms with E-state index in [9.17, 15) is 4.79 Å². The Labute approximate surface area is 192 Å². The van der Waals surface area contributed by atoms with E-state index in [-0.39, 0.29) is 5.91 Å². The second kappa shape index (κ2) is 9.99. The zero-order chi connectivity index (χ0) is 22.5. The molecule has 4 rings (SSSR count). The van der Waals surface area contributed by atoms with E-state index < -0.39 is 0 Å². The molecule has 0 saturated carbocycles. The van der Waals surface area contributed by atoms with E-state index in [0.29, 0.717) is 30.2 Å². The van der Waals surface area contributed by atoms with Crippen LogP contribution in [0.4, 0.5) is 5.13 Å². The third-order valence-electron chi connectivity index (χ3n) is 5.59. The van der Waals surface area contributed by atoms with Gasteiger partial charge >= 0.3 is 0 Å². The number of amides is 1. The van der Waals surface area contributed by atoms with E-state index >= 15 is 0 Å². The average Bonchev–Trinajstić information content (AvgIpc) is 3.14. The summed E-state index contributed by atoms with van der Waals surface area (Å²) in [7, 11) is 3.17. The van der Waals surface area contributed by atoms with Gasteiger partial charge in [-0.05, 0) is 31.0 Å². The maximum Gasteiger partial charge on any atom is 0.254 e. The molecular formula is C24H28N4O3S. The first-order valence-corrected chi connectivity index (χ1v) is 11.5. The van der Waals surface area contributed by atoms with Gasteiger partial charge in [-0.3, -0.25) is 4.79 Å². The fraction of sp³-hybridized carbons (Fsp3) is 0.375. The molecule has 1 aromatic heterocycles. The summed E-state index contributed by atoms with van der Waals surface area (Å²) < 4.78 is 15.2. The van der Waals surface area contributed by atoms with Crippen LogP contribution in [-0.4, -0.2) is 60.6 Å². The highest BCUT2D eigenvalue weighted by atomic mass is 32.1. The molecule has 1 fully saturated rings. The molecular weight excluding hydrogens is 424 g/mol. The number of ether oxygens (including phenoxy) is 2. The monoisotopic (exact) mass is 452 g/mol. The van der Waals surface area contributed by atoms with Crippen LogP contribution < -0.4 is 14.4 Å². The van der Waals surface area contributed by atoms with Gasteiger partial charge in [0, 0.05) is 55.8 Å². The molecule has 1 saturated heterocycles. The first-order chi connectivity index (χ1) is 15.6. The molecule has 8 heteroatoms. The van der Waals surface area contributed by atoms with Gasteiger partial charge in [0.25, 0.3) is 5.91 Å². The number of anilines is 1. The quantitative estimate of drug-likeness (QED) is 0.567. The van der Waals surface area contributed by atoms with Crippen molar-refractivity contribution in [1.82, 2.24) is 14.3 Å². The summed E-state index contributed by atoms with van der Waals surface area (Å²) in [5.41, 5.74) is 3.03. The molecule has 0 unspecified atom stereocenters. The van der Waals surface area contributed by atoms with Crippen molar-refractivity contribution in [1.29, 1.82) is 0 Å². The molecule has 0 atom stereocenters. The highest BCUT2D eigenvalue weighted by Crippen LogP contribution is 2.25. The predicted octanol–water partition coefficient (Wildman–Crippen LogP) is 3.81. The van der Waals surface area contributed by atoms with Gasteiger partial charge in [-0.1, -0.05) is 29.8 Å². The molecule has 1 aliphatic rings. The van der Waals surface area contributed by atoms with Crippen LogP contribution >= 0.6 is 11.5 Å². The molecule has 32 heavy (non-hydrogen) atoms. The molecule has 2 aromatic carbocycles. The number of hydrogen-bond acceptors (Lipinski definition) is 7. The third-order valence-corrected chi connectivity index (χ3v) is 6.41. The third kappa shape index (κ3) is 5.19. The predicted molar refractivity (Wildman–Crippen MR) is 126 cm³/mol. The van der Waals surface area contributed by atoms with Gasteiger partial charge in [0.15, 0.2) is 0 Å². The highest BCUT2D eigenvalue weighted by Gasteiger charge is 2.23. The van der Waals surface area contributed by atoms with Gasteiger partial charge < -0.3 is 19.3 Å². The first kappa shape index (κ1) is 22.1. The molecule has 0 aliphatic carbocycles. The second-order valence-corrected chi connectivity index (χ2v) is 8.62. The van der Waals surface area contributed by atoms with Gasteiger partial charge in [-0.2, -0.15) is 4.37 Å². The smallest absolute Gasteiger partial charge is 0.254 e. The average molecular weight is 453 g/mol. The number of benzene rings is 2. The maximum atomic E-state index is 13.1. The number of hydrogen-bond donors (Lipinski definition) is 0. The molecule has 1 amide bonds. The fourth-order valence-corrected chi connectivity index (χ4v) is 4.50. The number of nitrogens with zero attached hydrogens (tertiary/aromatic N) is 4. The van der Waals surface area contributed by atoms with Crippen molar-refractivity contribution in [3.8, 4) is 11.5 Å². The number of carbonyl (C=O) groups is 1. The van der Waals surface area contributed by atoms with E-state index in [4.69, 9.17) is 14.5 Å².